The fourth-order valence-electron chi connectivity index (χ4n) is 2.28. The first kappa shape index (κ1) is 19.8. The lowest BCUT2D eigenvalue weighted by Gasteiger charge is -2.28. The fourth-order valence-corrected chi connectivity index (χ4v) is 4.96. The molecule has 23 heavy (non-hydrogen) atoms. The average molecular weight is 340 g/mol. The zero-order valence-electron chi connectivity index (χ0n) is 14.4. The maximum absolute atomic E-state index is 10.6. The number of carbonyl (C=O) groups excluding carboxylic acids is 1. The van der Waals surface area contributed by atoms with Crippen molar-refractivity contribution < 1.29 is 22.8 Å². The molecule has 0 aliphatic heterocycles. The summed E-state index contributed by atoms with van der Waals surface area (Å²) in [6, 6.07) is 7.92. The van der Waals surface area contributed by atoms with Crippen LogP contribution in [0.2, 0.25) is 6.04 Å². The SMILES string of the molecule is CCO[Si](CCCCOc1ccc(C=O)cc1)(OCC)OCC. The molecule has 130 valence electrons. The lowest BCUT2D eigenvalue weighted by Crippen LogP contribution is -2.45. The van der Waals surface area contributed by atoms with Gasteiger partial charge in [-0.15, -0.1) is 0 Å². The Morgan fingerprint density at radius 2 is 1.48 bits per heavy atom. The van der Waals surface area contributed by atoms with Gasteiger partial charge in [-0.1, -0.05) is 0 Å². The molecule has 1 aromatic rings. The normalized spacial score (nSPS) is 11.4. The Morgan fingerprint density at radius 1 is 0.913 bits per heavy atom. The van der Waals surface area contributed by atoms with Gasteiger partial charge in [-0.2, -0.15) is 0 Å². The Kier molecular flexibility index (Phi) is 9.78. The molecule has 0 unspecified atom stereocenters. The quantitative estimate of drug-likeness (QED) is 0.311. The Morgan fingerprint density at radius 3 is 1.96 bits per heavy atom. The van der Waals surface area contributed by atoms with Gasteiger partial charge in [0.1, 0.15) is 12.0 Å². The van der Waals surface area contributed by atoms with Gasteiger partial charge in [0.15, 0.2) is 0 Å². The highest BCUT2D eigenvalue weighted by Crippen LogP contribution is 2.19. The van der Waals surface area contributed by atoms with Crippen LogP contribution in [0.4, 0.5) is 0 Å². The Labute approximate surface area is 140 Å². The van der Waals surface area contributed by atoms with Crippen LogP contribution in [0.3, 0.4) is 0 Å². The van der Waals surface area contributed by atoms with Crippen molar-refractivity contribution in [2.75, 3.05) is 26.4 Å². The van der Waals surface area contributed by atoms with Gasteiger partial charge in [-0.05, 0) is 57.9 Å². The third-order valence-electron chi connectivity index (χ3n) is 3.25. The highest BCUT2D eigenvalue weighted by atomic mass is 28.4. The lowest BCUT2D eigenvalue weighted by molar-refractivity contribution is 0.0704. The maximum atomic E-state index is 10.6. The maximum Gasteiger partial charge on any atom is 0.500 e. The van der Waals surface area contributed by atoms with Crippen LogP contribution >= 0.6 is 0 Å². The first-order valence-corrected chi connectivity index (χ1v) is 10.2. The molecule has 0 saturated heterocycles. The Hall–Kier alpha value is -1.21. The molecular weight excluding hydrogens is 312 g/mol. The fraction of sp³-hybridized carbons (Fsp3) is 0.588. The van der Waals surface area contributed by atoms with E-state index in [0.29, 0.717) is 32.0 Å². The zero-order chi connectivity index (χ0) is 17.0. The number of hydrogen-bond donors (Lipinski definition) is 0. The van der Waals surface area contributed by atoms with Crippen LogP contribution in [0.25, 0.3) is 0 Å². The van der Waals surface area contributed by atoms with Gasteiger partial charge in [-0.25, -0.2) is 0 Å². The molecule has 6 heteroatoms. The molecule has 0 fully saturated rings. The second-order valence-corrected chi connectivity index (χ2v) is 7.71. The molecule has 0 aliphatic rings. The van der Waals surface area contributed by atoms with E-state index >= 15 is 0 Å². The Balaban J connectivity index is 2.35. The Bertz CT molecular complexity index is 418. The largest absolute Gasteiger partial charge is 0.500 e. The summed E-state index contributed by atoms with van der Waals surface area (Å²) in [4.78, 5) is 10.6. The summed E-state index contributed by atoms with van der Waals surface area (Å²) >= 11 is 0. The molecule has 1 rings (SSSR count). The first-order chi connectivity index (χ1) is 11.2. The molecule has 0 atom stereocenters. The van der Waals surface area contributed by atoms with Crippen LogP contribution in [0.15, 0.2) is 24.3 Å². The molecule has 5 nitrogen and oxygen atoms in total. The molecule has 0 heterocycles. The van der Waals surface area contributed by atoms with Crippen LogP contribution in [0, 0.1) is 0 Å². The number of rotatable bonds is 13. The van der Waals surface area contributed by atoms with Crippen molar-refractivity contribution in [3.05, 3.63) is 29.8 Å². The smallest absolute Gasteiger partial charge is 0.494 e. The number of carbonyl (C=O) groups is 1. The molecule has 0 aliphatic carbocycles. The predicted molar refractivity (Wildman–Crippen MR) is 92.0 cm³/mol. The molecule has 0 N–H and O–H groups in total. The van der Waals surface area contributed by atoms with Crippen molar-refractivity contribution >= 4 is 15.1 Å². The summed E-state index contributed by atoms with van der Waals surface area (Å²) in [7, 11) is -2.53. The van der Waals surface area contributed by atoms with Crippen molar-refractivity contribution in [3.8, 4) is 5.75 Å². The van der Waals surface area contributed by atoms with E-state index in [0.717, 1.165) is 30.9 Å². The number of benzene rings is 1. The van der Waals surface area contributed by atoms with Crippen molar-refractivity contribution in [2.45, 2.75) is 39.7 Å². The molecule has 1 aromatic carbocycles. The second-order valence-electron chi connectivity index (χ2n) is 4.97. The van der Waals surface area contributed by atoms with Gasteiger partial charge >= 0.3 is 8.80 Å². The predicted octanol–water partition coefficient (Wildman–Crippen LogP) is 3.71. The molecule has 0 amide bonds. The summed E-state index contributed by atoms with van der Waals surface area (Å²) in [6.45, 7) is 8.32. The van der Waals surface area contributed by atoms with Crippen molar-refractivity contribution in [1.82, 2.24) is 0 Å². The summed E-state index contributed by atoms with van der Waals surface area (Å²) in [5.41, 5.74) is 0.651. The number of hydrogen-bond acceptors (Lipinski definition) is 5. The van der Waals surface area contributed by atoms with E-state index in [1.54, 1.807) is 12.1 Å². The summed E-state index contributed by atoms with van der Waals surface area (Å²) < 4.78 is 23.1. The van der Waals surface area contributed by atoms with Crippen molar-refractivity contribution in [3.63, 3.8) is 0 Å². The first-order valence-electron chi connectivity index (χ1n) is 8.29. The molecule has 0 radical (unpaired) electrons. The third-order valence-corrected chi connectivity index (χ3v) is 6.41. The molecule has 0 saturated carbocycles. The van der Waals surface area contributed by atoms with Gasteiger partial charge in [0.05, 0.1) is 6.61 Å². The molecule has 0 bridgehead atoms. The number of unbranched alkanes of at least 4 members (excludes halogenated alkanes) is 1. The average Bonchev–Trinajstić information content (AvgIpc) is 2.56. The van der Waals surface area contributed by atoms with E-state index in [-0.39, 0.29) is 0 Å². The van der Waals surface area contributed by atoms with Crippen LogP contribution in [0.1, 0.15) is 44.0 Å². The number of aldehydes is 1. The summed E-state index contributed by atoms with van der Waals surface area (Å²) in [5, 5.41) is 0. The minimum Gasteiger partial charge on any atom is -0.494 e. The minimum absolute atomic E-state index is 0.603. The molecule has 0 spiro atoms. The summed E-state index contributed by atoms with van der Waals surface area (Å²) in [6.07, 6.45) is 2.65. The highest BCUT2D eigenvalue weighted by molar-refractivity contribution is 6.60. The monoisotopic (exact) mass is 340 g/mol. The molecule has 0 aromatic heterocycles. The van der Waals surface area contributed by atoms with Crippen LogP contribution in [-0.2, 0) is 13.3 Å². The van der Waals surface area contributed by atoms with Crippen molar-refractivity contribution in [1.29, 1.82) is 0 Å². The third kappa shape index (κ3) is 7.26. The van der Waals surface area contributed by atoms with Crippen molar-refractivity contribution in [2.24, 2.45) is 0 Å². The second kappa shape index (κ2) is 11.3. The van der Waals surface area contributed by atoms with Gasteiger partial charge < -0.3 is 18.0 Å². The topological polar surface area (TPSA) is 54.0 Å². The van der Waals surface area contributed by atoms with Crippen LogP contribution in [-0.4, -0.2) is 41.5 Å². The van der Waals surface area contributed by atoms with Gasteiger partial charge in [0.2, 0.25) is 0 Å². The van der Waals surface area contributed by atoms with Crippen LogP contribution in [0.5, 0.6) is 5.75 Å². The van der Waals surface area contributed by atoms with E-state index < -0.39 is 8.80 Å². The number of ether oxygens (including phenoxy) is 1. The minimum atomic E-state index is -2.53. The lowest BCUT2D eigenvalue weighted by atomic mass is 10.2. The summed E-state index contributed by atoms with van der Waals surface area (Å²) in [5.74, 6) is 0.776. The zero-order valence-corrected chi connectivity index (χ0v) is 15.4. The molecular formula is C17H28O5Si. The van der Waals surface area contributed by atoms with Crippen LogP contribution < -0.4 is 4.74 Å². The van der Waals surface area contributed by atoms with Gasteiger partial charge in [0.25, 0.3) is 0 Å². The van der Waals surface area contributed by atoms with E-state index in [4.69, 9.17) is 18.0 Å². The van der Waals surface area contributed by atoms with Gasteiger partial charge in [0, 0.05) is 31.4 Å². The highest BCUT2D eigenvalue weighted by Gasteiger charge is 2.39. The standard InChI is InChI=1S/C17H28O5Si/c1-4-20-23(21-5-2,22-6-3)14-8-7-13-19-17-11-9-16(15-18)10-12-17/h9-12,15H,4-8,13-14H2,1-3H3. The van der Waals surface area contributed by atoms with E-state index in [1.807, 2.05) is 32.9 Å². The van der Waals surface area contributed by atoms with E-state index in [2.05, 4.69) is 0 Å². The van der Waals surface area contributed by atoms with E-state index in [9.17, 15) is 4.79 Å². The van der Waals surface area contributed by atoms with E-state index in [1.165, 1.54) is 0 Å². The van der Waals surface area contributed by atoms with Gasteiger partial charge in [-0.3, -0.25) is 4.79 Å².